The first kappa shape index (κ1) is 20.7. The van der Waals surface area contributed by atoms with E-state index in [-0.39, 0.29) is 0 Å². The molecular weight excluding hydrogens is 324 g/mol. The molecule has 0 saturated carbocycles. The van der Waals surface area contributed by atoms with E-state index >= 15 is 0 Å². The summed E-state index contributed by atoms with van der Waals surface area (Å²) in [5.74, 6) is 1.33. The predicted octanol–water partition coefficient (Wildman–Crippen LogP) is 2.76. The van der Waals surface area contributed by atoms with Gasteiger partial charge < -0.3 is 15.4 Å². The van der Waals surface area contributed by atoms with E-state index < -0.39 is 0 Å². The first-order chi connectivity index (χ1) is 12.5. The number of hydrogen-bond donors (Lipinski definition) is 2. The minimum Gasteiger partial charge on any atom is -0.373 e. The van der Waals surface area contributed by atoms with Crippen molar-refractivity contribution >= 4 is 5.96 Å². The topological polar surface area (TPSA) is 48.9 Å². The normalized spacial score (nSPS) is 22.9. The largest absolute Gasteiger partial charge is 0.373 e. The summed E-state index contributed by atoms with van der Waals surface area (Å²) in [6.45, 7) is 13.7. The molecule has 0 aromatic heterocycles. The van der Waals surface area contributed by atoms with E-state index in [0.717, 1.165) is 45.1 Å². The number of aryl methyl sites for hydroxylation is 1. The van der Waals surface area contributed by atoms with E-state index in [0.29, 0.717) is 18.1 Å². The van der Waals surface area contributed by atoms with Crippen molar-refractivity contribution in [2.24, 2.45) is 4.99 Å². The Kier molecular flexibility index (Phi) is 8.39. The molecule has 0 amide bonds. The molecule has 2 N–H and O–H groups in total. The molecule has 1 aliphatic heterocycles. The number of guanidine groups is 1. The van der Waals surface area contributed by atoms with Crippen molar-refractivity contribution in [2.75, 3.05) is 39.8 Å². The van der Waals surface area contributed by atoms with Crippen LogP contribution in [0.4, 0.5) is 0 Å². The molecule has 1 aromatic carbocycles. The van der Waals surface area contributed by atoms with Gasteiger partial charge in [0.25, 0.3) is 0 Å². The third-order valence-corrected chi connectivity index (χ3v) is 4.85. The molecule has 0 bridgehead atoms. The van der Waals surface area contributed by atoms with E-state index in [4.69, 9.17) is 4.74 Å². The lowest BCUT2D eigenvalue weighted by atomic mass is 9.99. The van der Waals surface area contributed by atoms with Crippen molar-refractivity contribution in [3.8, 4) is 0 Å². The average Bonchev–Trinajstić information content (AvgIpc) is 2.60. The van der Waals surface area contributed by atoms with Gasteiger partial charge in [-0.25, -0.2) is 0 Å². The van der Waals surface area contributed by atoms with Gasteiger partial charge in [0.15, 0.2) is 5.96 Å². The van der Waals surface area contributed by atoms with Crippen LogP contribution in [0.2, 0.25) is 0 Å². The Hall–Kier alpha value is -1.59. The van der Waals surface area contributed by atoms with Gasteiger partial charge in [0.2, 0.25) is 0 Å². The summed E-state index contributed by atoms with van der Waals surface area (Å²) < 4.78 is 5.79. The number of aliphatic imine (C=N–C) groups is 1. The molecule has 1 saturated heterocycles. The third kappa shape index (κ3) is 6.96. The van der Waals surface area contributed by atoms with E-state index in [1.807, 2.05) is 7.05 Å². The first-order valence-corrected chi connectivity index (χ1v) is 9.86. The van der Waals surface area contributed by atoms with Crippen LogP contribution in [0.25, 0.3) is 0 Å². The highest BCUT2D eigenvalue weighted by molar-refractivity contribution is 5.79. The smallest absolute Gasteiger partial charge is 0.190 e. The molecule has 3 atom stereocenters. The molecule has 1 heterocycles. The van der Waals surface area contributed by atoms with Crippen molar-refractivity contribution in [1.29, 1.82) is 0 Å². The molecule has 0 radical (unpaired) electrons. The number of ether oxygens (including phenoxy) is 1. The maximum atomic E-state index is 5.79. The van der Waals surface area contributed by atoms with Gasteiger partial charge in [0.05, 0.1) is 12.2 Å². The predicted molar refractivity (Wildman–Crippen MR) is 110 cm³/mol. The number of hydrogen-bond acceptors (Lipinski definition) is 3. The molecule has 146 valence electrons. The first-order valence-electron chi connectivity index (χ1n) is 9.86. The van der Waals surface area contributed by atoms with Crippen LogP contribution in [0, 0.1) is 6.92 Å². The number of morpholine rings is 1. The zero-order valence-electron chi connectivity index (χ0n) is 17.1. The zero-order valence-corrected chi connectivity index (χ0v) is 17.1. The van der Waals surface area contributed by atoms with Crippen molar-refractivity contribution in [3.05, 3.63) is 35.4 Å². The maximum Gasteiger partial charge on any atom is 0.190 e. The van der Waals surface area contributed by atoms with Gasteiger partial charge in [-0.2, -0.15) is 0 Å². The highest BCUT2D eigenvalue weighted by Gasteiger charge is 2.21. The van der Waals surface area contributed by atoms with Gasteiger partial charge in [-0.1, -0.05) is 36.8 Å². The maximum absolute atomic E-state index is 5.79. The van der Waals surface area contributed by atoms with E-state index in [9.17, 15) is 0 Å². The van der Waals surface area contributed by atoms with Gasteiger partial charge >= 0.3 is 0 Å². The van der Waals surface area contributed by atoms with E-state index in [1.165, 1.54) is 11.1 Å². The number of benzene rings is 1. The van der Waals surface area contributed by atoms with Gasteiger partial charge in [-0.05, 0) is 38.7 Å². The molecule has 2 rings (SSSR count). The van der Waals surface area contributed by atoms with Crippen molar-refractivity contribution in [3.63, 3.8) is 0 Å². The van der Waals surface area contributed by atoms with Gasteiger partial charge in [0, 0.05) is 39.8 Å². The van der Waals surface area contributed by atoms with Crippen LogP contribution in [-0.2, 0) is 4.74 Å². The molecule has 5 heteroatoms. The molecule has 5 nitrogen and oxygen atoms in total. The number of nitrogens with zero attached hydrogens (tertiary/aromatic N) is 2. The lowest BCUT2D eigenvalue weighted by molar-refractivity contribution is -0.0679. The minimum atomic E-state index is 0.337. The second-order valence-electron chi connectivity index (χ2n) is 7.57. The van der Waals surface area contributed by atoms with Crippen LogP contribution in [0.15, 0.2) is 29.3 Å². The summed E-state index contributed by atoms with van der Waals surface area (Å²) in [5, 5.41) is 6.88. The lowest BCUT2D eigenvalue weighted by Gasteiger charge is -2.35. The van der Waals surface area contributed by atoms with Gasteiger partial charge in [-0.15, -0.1) is 0 Å². The van der Waals surface area contributed by atoms with Crippen LogP contribution in [0.5, 0.6) is 0 Å². The highest BCUT2D eigenvalue weighted by Crippen LogP contribution is 2.15. The number of nitrogens with one attached hydrogen (secondary N) is 2. The fourth-order valence-corrected chi connectivity index (χ4v) is 3.54. The molecule has 26 heavy (non-hydrogen) atoms. The molecule has 0 aliphatic carbocycles. The quantitative estimate of drug-likeness (QED) is 0.446. The molecule has 3 unspecified atom stereocenters. The standard InChI is InChI=1S/C21H36N4O/c1-16-8-6-9-20(12-16)17(2)13-24-21(22-5)23-10-7-11-25-14-18(3)26-19(4)15-25/h6,8-9,12,17-19H,7,10-11,13-15H2,1-5H3,(H2,22,23,24). The highest BCUT2D eigenvalue weighted by atomic mass is 16.5. The Labute approximate surface area is 159 Å². The van der Waals surface area contributed by atoms with Crippen LogP contribution in [0.3, 0.4) is 0 Å². The Morgan fingerprint density at radius 2 is 2.00 bits per heavy atom. The van der Waals surface area contributed by atoms with Gasteiger partial charge in [0.1, 0.15) is 0 Å². The zero-order chi connectivity index (χ0) is 18.9. The second-order valence-corrected chi connectivity index (χ2v) is 7.57. The second kappa shape index (κ2) is 10.5. The Bertz CT molecular complexity index is 565. The lowest BCUT2D eigenvalue weighted by Crippen LogP contribution is -2.46. The summed E-state index contributed by atoms with van der Waals surface area (Å²) >= 11 is 0. The van der Waals surface area contributed by atoms with Crippen molar-refractivity contribution in [1.82, 2.24) is 15.5 Å². The summed E-state index contributed by atoms with van der Waals surface area (Å²) in [6, 6.07) is 8.72. The van der Waals surface area contributed by atoms with Crippen LogP contribution < -0.4 is 10.6 Å². The molecule has 1 aromatic rings. The minimum absolute atomic E-state index is 0.337. The Balaban J connectivity index is 1.66. The van der Waals surface area contributed by atoms with Crippen LogP contribution >= 0.6 is 0 Å². The van der Waals surface area contributed by atoms with Gasteiger partial charge in [-0.3, -0.25) is 9.89 Å². The molecule has 0 spiro atoms. The van der Waals surface area contributed by atoms with Crippen LogP contribution in [0.1, 0.15) is 44.2 Å². The fraction of sp³-hybridized carbons (Fsp3) is 0.667. The van der Waals surface area contributed by atoms with E-state index in [2.05, 4.69) is 72.5 Å². The average molecular weight is 361 g/mol. The number of rotatable bonds is 7. The molecular formula is C21H36N4O. The summed E-state index contributed by atoms with van der Waals surface area (Å²) in [5.41, 5.74) is 2.67. The van der Waals surface area contributed by atoms with Crippen LogP contribution in [-0.4, -0.2) is 62.8 Å². The SMILES string of the molecule is CN=C(NCCCN1CC(C)OC(C)C1)NCC(C)c1cccc(C)c1. The Morgan fingerprint density at radius 1 is 1.27 bits per heavy atom. The van der Waals surface area contributed by atoms with Crippen molar-refractivity contribution in [2.45, 2.75) is 52.2 Å². The van der Waals surface area contributed by atoms with E-state index in [1.54, 1.807) is 0 Å². The summed E-state index contributed by atoms with van der Waals surface area (Å²) in [4.78, 5) is 6.84. The molecule has 1 aliphatic rings. The van der Waals surface area contributed by atoms with Crippen molar-refractivity contribution < 1.29 is 4.74 Å². The molecule has 1 fully saturated rings. The Morgan fingerprint density at radius 3 is 2.65 bits per heavy atom. The monoisotopic (exact) mass is 360 g/mol. The third-order valence-electron chi connectivity index (χ3n) is 4.85. The summed E-state index contributed by atoms with van der Waals surface area (Å²) in [6.07, 6.45) is 1.78. The summed E-state index contributed by atoms with van der Waals surface area (Å²) in [7, 11) is 1.83. The fourth-order valence-electron chi connectivity index (χ4n) is 3.54.